The van der Waals surface area contributed by atoms with Crippen molar-refractivity contribution in [1.29, 1.82) is 0 Å². The van der Waals surface area contributed by atoms with Crippen LogP contribution in [0.15, 0.2) is 54.6 Å². The molecule has 2 fully saturated rings. The zero-order valence-electron chi connectivity index (χ0n) is 16.5. The maximum atomic E-state index is 2.63. The molecule has 0 N–H and O–H groups in total. The van der Waals surface area contributed by atoms with E-state index in [2.05, 4.69) is 69.3 Å². The molecule has 2 saturated heterocycles. The Morgan fingerprint density at radius 2 is 1.26 bits per heavy atom. The SMILES string of the molecule is c1ccc(N2CCN(Cc3ccc(CCN4CCCCC4)cc3)CC2)cc1. The smallest absolute Gasteiger partial charge is 0.0367 e. The van der Waals surface area contributed by atoms with Gasteiger partial charge in [-0.15, -0.1) is 0 Å². The molecule has 0 amide bonds. The number of para-hydroxylation sites is 1. The van der Waals surface area contributed by atoms with Crippen LogP contribution in [0.25, 0.3) is 0 Å². The number of anilines is 1. The highest BCUT2D eigenvalue weighted by molar-refractivity contribution is 5.46. The highest BCUT2D eigenvalue weighted by Gasteiger charge is 2.17. The molecule has 0 aliphatic carbocycles. The fourth-order valence-electron chi connectivity index (χ4n) is 4.34. The Hall–Kier alpha value is -1.84. The van der Waals surface area contributed by atoms with Crippen molar-refractivity contribution < 1.29 is 0 Å². The van der Waals surface area contributed by atoms with Gasteiger partial charge in [0.2, 0.25) is 0 Å². The summed E-state index contributed by atoms with van der Waals surface area (Å²) in [5, 5.41) is 0. The maximum absolute atomic E-state index is 2.63. The van der Waals surface area contributed by atoms with Gasteiger partial charge in [-0.2, -0.15) is 0 Å². The van der Waals surface area contributed by atoms with Gasteiger partial charge in [0.25, 0.3) is 0 Å². The molecule has 2 heterocycles. The van der Waals surface area contributed by atoms with Crippen LogP contribution in [-0.4, -0.2) is 55.6 Å². The van der Waals surface area contributed by atoms with E-state index in [1.165, 1.54) is 62.1 Å². The lowest BCUT2D eigenvalue weighted by Crippen LogP contribution is -2.45. The van der Waals surface area contributed by atoms with Gasteiger partial charge in [-0.25, -0.2) is 0 Å². The molecule has 0 unspecified atom stereocenters. The van der Waals surface area contributed by atoms with Crippen molar-refractivity contribution in [3.05, 3.63) is 65.7 Å². The van der Waals surface area contributed by atoms with Crippen LogP contribution in [0.4, 0.5) is 5.69 Å². The molecule has 0 bridgehead atoms. The zero-order valence-corrected chi connectivity index (χ0v) is 16.5. The second-order valence-electron chi connectivity index (χ2n) is 8.07. The molecule has 0 atom stereocenters. The van der Waals surface area contributed by atoms with E-state index < -0.39 is 0 Å². The minimum Gasteiger partial charge on any atom is -0.369 e. The van der Waals surface area contributed by atoms with Crippen LogP contribution >= 0.6 is 0 Å². The second kappa shape index (κ2) is 9.38. The number of nitrogens with zero attached hydrogens (tertiary/aromatic N) is 3. The third-order valence-corrected chi connectivity index (χ3v) is 6.09. The molecule has 3 heteroatoms. The van der Waals surface area contributed by atoms with Gasteiger partial charge in [0.1, 0.15) is 0 Å². The van der Waals surface area contributed by atoms with Gasteiger partial charge in [-0.3, -0.25) is 4.90 Å². The van der Waals surface area contributed by atoms with Crippen LogP contribution in [-0.2, 0) is 13.0 Å². The summed E-state index contributed by atoms with van der Waals surface area (Å²) in [4.78, 5) is 7.71. The van der Waals surface area contributed by atoms with E-state index in [0.717, 1.165) is 32.7 Å². The number of piperidine rings is 1. The third kappa shape index (κ3) is 5.33. The number of likely N-dealkylation sites (tertiary alicyclic amines) is 1. The largest absolute Gasteiger partial charge is 0.369 e. The van der Waals surface area contributed by atoms with Crippen molar-refractivity contribution in [2.75, 3.05) is 50.7 Å². The molecule has 2 aliphatic heterocycles. The van der Waals surface area contributed by atoms with Crippen molar-refractivity contribution in [3.63, 3.8) is 0 Å². The molecule has 2 aromatic carbocycles. The maximum Gasteiger partial charge on any atom is 0.0367 e. The minimum absolute atomic E-state index is 1.08. The molecule has 0 saturated carbocycles. The molecule has 0 radical (unpaired) electrons. The quantitative estimate of drug-likeness (QED) is 0.767. The summed E-state index contributed by atoms with van der Waals surface area (Å²) >= 11 is 0. The van der Waals surface area contributed by atoms with E-state index in [0.29, 0.717) is 0 Å². The molecule has 27 heavy (non-hydrogen) atoms. The summed E-state index contributed by atoms with van der Waals surface area (Å²) in [5.74, 6) is 0. The average molecular weight is 364 g/mol. The molecule has 2 aliphatic rings. The van der Waals surface area contributed by atoms with Crippen molar-refractivity contribution in [1.82, 2.24) is 9.80 Å². The minimum atomic E-state index is 1.08. The molecule has 0 spiro atoms. The van der Waals surface area contributed by atoms with Crippen molar-refractivity contribution in [2.24, 2.45) is 0 Å². The summed E-state index contributed by atoms with van der Waals surface area (Å²) in [6, 6.07) is 20.2. The summed E-state index contributed by atoms with van der Waals surface area (Å²) < 4.78 is 0. The van der Waals surface area contributed by atoms with Crippen LogP contribution in [0, 0.1) is 0 Å². The van der Waals surface area contributed by atoms with Gasteiger partial charge in [0.15, 0.2) is 0 Å². The normalized spacial score (nSPS) is 19.3. The number of hydrogen-bond acceptors (Lipinski definition) is 3. The van der Waals surface area contributed by atoms with Crippen LogP contribution in [0.2, 0.25) is 0 Å². The second-order valence-corrected chi connectivity index (χ2v) is 8.07. The number of piperazine rings is 1. The standard InChI is InChI=1S/C24H33N3/c1-3-7-24(8-4-1)27-19-17-26(18-20-27)21-23-11-9-22(10-12-23)13-16-25-14-5-2-6-15-25/h1,3-4,7-12H,2,5-6,13-21H2. The van der Waals surface area contributed by atoms with Crippen molar-refractivity contribution in [2.45, 2.75) is 32.2 Å². The predicted molar refractivity (Wildman–Crippen MR) is 114 cm³/mol. The van der Waals surface area contributed by atoms with E-state index in [9.17, 15) is 0 Å². The van der Waals surface area contributed by atoms with E-state index in [1.54, 1.807) is 0 Å². The number of benzene rings is 2. The Bertz CT molecular complexity index is 669. The summed E-state index contributed by atoms with van der Waals surface area (Å²) in [7, 11) is 0. The number of hydrogen-bond donors (Lipinski definition) is 0. The lowest BCUT2D eigenvalue weighted by atomic mass is 10.1. The monoisotopic (exact) mass is 363 g/mol. The first-order valence-electron chi connectivity index (χ1n) is 10.7. The van der Waals surface area contributed by atoms with E-state index in [-0.39, 0.29) is 0 Å². The fourth-order valence-corrected chi connectivity index (χ4v) is 4.34. The molecule has 0 aromatic heterocycles. The van der Waals surface area contributed by atoms with Crippen LogP contribution in [0.1, 0.15) is 30.4 Å². The van der Waals surface area contributed by atoms with Crippen molar-refractivity contribution >= 4 is 5.69 Å². The lowest BCUT2D eigenvalue weighted by molar-refractivity contribution is 0.231. The molecule has 3 nitrogen and oxygen atoms in total. The highest BCUT2D eigenvalue weighted by atomic mass is 15.3. The lowest BCUT2D eigenvalue weighted by Gasteiger charge is -2.36. The summed E-state index contributed by atoms with van der Waals surface area (Å²) in [6.45, 7) is 9.43. The first-order valence-corrected chi connectivity index (χ1v) is 10.7. The van der Waals surface area contributed by atoms with Gasteiger partial charge in [-0.1, -0.05) is 48.9 Å². The van der Waals surface area contributed by atoms with Gasteiger partial charge in [-0.05, 0) is 55.6 Å². The Labute approximate surface area is 164 Å². The van der Waals surface area contributed by atoms with E-state index >= 15 is 0 Å². The van der Waals surface area contributed by atoms with Crippen molar-refractivity contribution in [3.8, 4) is 0 Å². The Morgan fingerprint density at radius 1 is 0.593 bits per heavy atom. The van der Waals surface area contributed by atoms with Gasteiger partial charge in [0, 0.05) is 45.0 Å². The topological polar surface area (TPSA) is 9.72 Å². The van der Waals surface area contributed by atoms with Gasteiger partial charge < -0.3 is 9.80 Å². The fraction of sp³-hybridized carbons (Fsp3) is 0.500. The number of rotatable bonds is 6. The zero-order chi connectivity index (χ0) is 18.3. The molecule has 4 rings (SSSR count). The molecular weight excluding hydrogens is 330 g/mol. The summed E-state index contributed by atoms with van der Waals surface area (Å²) in [5.41, 5.74) is 4.29. The van der Waals surface area contributed by atoms with Crippen LogP contribution in [0.3, 0.4) is 0 Å². The molecule has 144 valence electrons. The predicted octanol–water partition coefficient (Wildman–Crippen LogP) is 4.04. The Balaban J connectivity index is 1.22. The van der Waals surface area contributed by atoms with E-state index in [1.807, 2.05) is 0 Å². The first kappa shape index (κ1) is 18.5. The van der Waals surface area contributed by atoms with Crippen LogP contribution < -0.4 is 4.90 Å². The first-order chi connectivity index (χ1) is 13.4. The average Bonchev–Trinajstić information content (AvgIpc) is 2.75. The van der Waals surface area contributed by atoms with E-state index in [4.69, 9.17) is 0 Å². The molecular formula is C24H33N3. The summed E-state index contributed by atoms with van der Waals surface area (Å²) in [6.07, 6.45) is 5.38. The third-order valence-electron chi connectivity index (χ3n) is 6.09. The Kier molecular flexibility index (Phi) is 6.44. The molecule has 2 aromatic rings. The van der Waals surface area contributed by atoms with Gasteiger partial charge in [0.05, 0.1) is 0 Å². The van der Waals surface area contributed by atoms with Gasteiger partial charge >= 0.3 is 0 Å². The Morgan fingerprint density at radius 3 is 1.96 bits per heavy atom. The van der Waals surface area contributed by atoms with Crippen LogP contribution in [0.5, 0.6) is 0 Å². The highest BCUT2D eigenvalue weighted by Crippen LogP contribution is 2.17.